The van der Waals surface area contributed by atoms with Gasteiger partial charge in [0.15, 0.2) is 0 Å². The Morgan fingerprint density at radius 2 is 1.83 bits per heavy atom. The van der Waals surface area contributed by atoms with Crippen LogP contribution in [-0.4, -0.2) is 22.0 Å². The number of benzene rings is 2. The minimum absolute atomic E-state index is 0.0779. The summed E-state index contributed by atoms with van der Waals surface area (Å²) in [5, 5.41) is 3.09. The lowest BCUT2D eigenvalue weighted by atomic mass is 9.87. The van der Waals surface area contributed by atoms with E-state index in [1.54, 1.807) is 0 Å². The quantitative estimate of drug-likeness (QED) is 0.561. The average molecular weight is 404 g/mol. The summed E-state index contributed by atoms with van der Waals surface area (Å²) in [6, 6.07) is 16.5. The number of fused-ring (bicyclic) bond motifs is 1. The van der Waals surface area contributed by atoms with Crippen molar-refractivity contribution in [2.45, 2.75) is 64.8 Å². The van der Waals surface area contributed by atoms with E-state index in [9.17, 15) is 4.79 Å². The average Bonchev–Trinajstić information content (AvgIpc) is 3.12. The number of rotatable bonds is 8. The molecule has 1 N–H and O–H groups in total. The number of nitrogens with zero attached hydrogens (tertiary/aromatic N) is 2. The number of amides is 1. The highest BCUT2D eigenvalue weighted by Crippen LogP contribution is 2.28. The molecule has 4 heteroatoms. The Bertz CT molecular complexity index is 985. The Kier molecular flexibility index (Phi) is 6.83. The third-order valence-corrected chi connectivity index (χ3v) is 6.50. The van der Waals surface area contributed by atoms with E-state index in [2.05, 4.69) is 47.1 Å². The second-order valence-corrected chi connectivity index (χ2v) is 8.66. The lowest BCUT2D eigenvalue weighted by molar-refractivity contribution is -0.120. The van der Waals surface area contributed by atoms with Crippen LogP contribution < -0.4 is 5.32 Å². The van der Waals surface area contributed by atoms with Crippen molar-refractivity contribution in [3.05, 3.63) is 65.5 Å². The highest BCUT2D eigenvalue weighted by atomic mass is 16.1. The summed E-state index contributed by atoms with van der Waals surface area (Å²) in [7, 11) is 0. The Morgan fingerprint density at radius 1 is 1.07 bits per heavy atom. The molecule has 1 aliphatic carbocycles. The van der Waals surface area contributed by atoms with Gasteiger partial charge in [-0.1, -0.05) is 68.5 Å². The van der Waals surface area contributed by atoms with Crippen molar-refractivity contribution < 1.29 is 4.79 Å². The largest absolute Gasteiger partial charge is 0.355 e. The lowest BCUT2D eigenvalue weighted by Gasteiger charge is -2.22. The van der Waals surface area contributed by atoms with E-state index in [0.717, 1.165) is 41.4 Å². The fourth-order valence-electron chi connectivity index (χ4n) is 4.71. The highest BCUT2D eigenvalue weighted by molar-refractivity contribution is 5.79. The van der Waals surface area contributed by atoms with Crippen molar-refractivity contribution in [3.63, 3.8) is 0 Å². The number of nitrogens with one attached hydrogen (secondary N) is 1. The Balaban J connectivity index is 1.38. The van der Waals surface area contributed by atoms with Crippen LogP contribution >= 0.6 is 0 Å². The van der Waals surface area contributed by atoms with Crippen molar-refractivity contribution >= 4 is 16.9 Å². The molecule has 0 spiro atoms. The molecule has 1 aliphatic rings. The van der Waals surface area contributed by atoms with Gasteiger partial charge in [0, 0.05) is 19.5 Å². The van der Waals surface area contributed by atoms with Gasteiger partial charge < -0.3 is 9.88 Å². The van der Waals surface area contributed by atoms with E-state index in [4.69, 9.17) is 4.98 Å². The van der Waals surface area contributed by atoms with Crippen LogP contribution in [0.5, 0.6) is 0 Å². The number of para-hydroxylation sites is 2. The summed E-state index contributed by atoms with van der Waals surface area (Å²) in [4.78, 5) is 17.3. The molecular formula is C26H33N3O. The number of carbonyl (C=O) groups excluding carboxylic acids is 1. The SMILES string of the molecule is Cc1ccccc1CC(=O)NCCc1nc2ccccc2n1CCC1CCCCC1. The van der Waals surface area contributed by atoms with E-state index in [1.807, 2.05) is 18.2 Å². The molecule has 4 rings (SSSR count). The zero-order valence-corrected chi connectivity index (χ0v) is 18.1. The first-order valence-corrected chi connectivity index (χ1v) is 11.5. The summed E-state index contributed by atoms with van der Waals surface area (Å²) in [5.41, 5.74) is 4.53. The molecule has 1 heterocycles. The molecule has 0 unspecified atom stereocenters. The predicted octanol–water partition coefficient (Wildman–Crippen LogP) is 5.22. The standard InChI is InChI=1S/C26H33N3O/c1-20-9-5-6-12-22(20)19-26(30)27-17-15-25-28-23-13-7-8-14-24(23)29(25)18-16-21-10-3-2-4-11-21/h5-9,12-14,21H,2-4,10-11,15-19H2,1H3,(H,27,30). The molecule has 0 atom stereocenters. The van der Waals surface area contributed by atoms with Gasteiger partial charge in [0.05, 0.1) is 17.5 Å². The molecule has 158 valence electrons. The highest BCUT2D eigenvalue weighted by Gasteiger charge is 2.16. The van der Waals surface area contributed by atoms with Crippen LogP contribution in [0.1, 0.15) is 55.5 Å². The minimum atomic E-state index is 0.0779. The van der Waals surface area contributed by atoms with Gasteiger partial charge in [-0.25, -0.2) is 4.98 Å². The lowest BCUT2D eigenvalue weighted by Crippen LogP contribution is -2.28. The van der Waals surface area contributed by atoms with Crippen molar-refractivity contribution in [1.82, 2.24) is 14.9 Å². The Hall–Kier alpha value is -2.62. The maximum Gasteiger partial charge on any atom is 0.224 e. The fraction of sp³-hybridized carbons (Fsp3) is 0.462. The first-order valence-electron chi connectivity index (χ1n) is 11.5. The predicted molar refractivity (Wildman–Crippen MR) is 123 cm³/mol. The molecule has 4 nitrogen and oxygen atoms in total. The molecule has 1 amide bonds. The third-order valence-electron chi connectivity index (χ3n) is 6.50. The summed E-state index contributed by atoms with van der Waals surface area (Å²) in [6.45, 7) is 3.70. The molecule has 30 heavy (non-hydrogen) atoms. The van der Waals surface area contributed by atoms with Crippen LogP contribution in [0, 0.1) is 12.8 Å². The van der Waals surface area contributed by atoms with Gasteiger partial charge in [-0.2, -0.15) is 0 Å². The Labute approximate surface area is 179 Å². The zero-order valence-electron chi connectivity index (χ0n) is 18.1. The molecule has 1 saturated carbocycles. The van der Waals surface area contributed by atoms with Crippen molar-refractivity contribution in [2.75, 3.05) is 6.54 Å². The fourth-order valence-corrected chi connectivity index (χ4v) is 4.71. The molecular weight excluding hydrogens is 370 g/mol. The van der Waals surface area contributed by atoms with E-state index in [1.165, 1.54) is 44.0 Å². The smallest absolute Gasteiger partial charge is 0.224 e. The maximum atomic E-state index is 12.4. The molecule has 0 bridgehead atoms. The van der Waals surface area contributed by atoms with Crippen LogP contribution in [0.2, 0.25) is 0 Å². The van der Waals surface area contributed by atoms with Gasteiger partial charge in [-0.3, -0.25) is 4.79 Å². The van der Waals surface area contributed by atoms with E-state index in [-0.39, 0.29) is 5.91 Å². The summed E-state index contributed by atoms with van der Waals surface area (Å²) in [6.07, 6.45) is 9.34. The van der Waals surface area contributed by atoms with Gasteiger partial charge in [0.2, 0.25) is 5.91 Å². The minimum Gasteiger partial charge on any atom is -0.355 e. The number of imidazole rings is 1. The monoisotopic (exact) mass is 403 g/mol. The number of hydrogen-bond acceptors (Lipinski definition) is 2. The topological polar surface area (TPSA) is 46.9 Å². The molecule has 2 aromatic carbocycles. The van der Waals surface area contributed by atoms with Gasteiger partial charge in [0.25, 0.3) is 0 Å². The second-order valence-electron chi connectivity index (χ2n) is 8.66. The summed E-state index contributed by atoms with van der Waals surface area (Å²) < 4.78 is 2.39. The molecule has 0 saturated heterocycles. The van der Waals surface area contributed by atoms with E-state index in [0.29, 0.717) is 13.0 Å². The number of aryl methyl sites for hydroxylation is 2. The van der Waals surface area contributed by atoms with E-state index >= 15 is 0 Å². The molecule has 0 radical (unpaired) electrons. The van der Waals surface area contributed by atoms with Crippen LogP contribution in [0.4, 0.5) is 0 Å². The van der Waals surface area contributed by atoms with Crippen LogP contribution in [0.25, 0.3) is 11.0 Å². The van der Waals surface area contributed by atoms with Crippen LogP contribution in [0.3, 0.4) is 0 Å². The Morgan fingerprint density at radius 3 is 2.67 bits per heavy atom. The molecule has 0 aliphatic heterocycles. The summed E-state index contributed by atoms with van der Waals surface area (Å²) in [5.74, 6) is 2.01. The van der Waals surface area contributed by atoms with Gasteiger partial charge in [-0.15, -0.1) is 0 Å². The summed E-state index contributed by atoms with van der Waals surface area (Å²) >= 11 is 0. The molecule has 3 aromatic rings. The second kappa shape index (κ2) is 9.92. The van der Waals surface area contributed by atoms with Crippen molar-refractivity contribution in [1.29, 1.82) is 0 Å². The number of carbonyl (C=O) groups is 1. The van der Waals surface area contributed by atoms with Crippen LogP contribution in [0.15, 0.2) is 48.5 Å². The first kappa shape index (κ1) is 20.6. The van der Waals surface area contributed by atoms with Crippen molar-refractivity contribution in [3.8, 4) is 0 Å². The number of hydrogen-bond donors (Lipinski definition) is 1. The maximum absolute atomic E-state index is 12.4. The van der Waals surface area contributed by atoms with E-state index < -0.39 is 0 Å². The number of aromatic nitrogens is 2. The molecule has 1 aromatic heterocycles. The first-order chi connectivity index (χ1) is 14.7. The van der Waals surface area contributed by atoms with Gasteiger partial charge in [0.1, 0.15) is 5.82 Å². The molecule has 1 fully saturated rings. The van der Waals surface area contributed by atoms with Gasteiger partial charge >= 0.3 is 0 Å². The normalized spacial score (nSPS) is 14.8. The van der Waals surface area contributed by atoms with Crippen molar-refractivity contribution in [2.24, 2.45) is 5.92 Å². The van der Waals surface area contributed by atoms with Crippen LogP contribution in [-0.2, 0) is 24.2 Å². The zero-order chi connectivity index (χ0) is 20.8. The van der Waals surface area contributed by atoms with Gasteiger partial charge in [-0.05, 0) is 42.5 Å². The third kappa shape index (κ3) is 5.10.